The van der Waals surface area contributed by atoms with Gasteiger partial charge >= 0.3 is 0 Å². The molecular formula is C29H33FN2O2S. The highest BCUT2D eigenvalue weighted by Crippen LogP contribution is 2.19. The molecule has 1 N–H and O–H groups in total. The molecule has 4 nitrogen and oxygen atoms in total. The van der Waals surface area contributed by atoms with E-state index in [1.807, 2.05) is 75.4 Å². The van der Waals surface area contributed by atoms with Gasteiger partial charge in [-0.05, 0) is 49.6 Å². The first-order valence-corrected chi connectivity index (χ1v) is 13.0. The summed E-state index contributed by atoms with van der Waals surface area (Å²) in [7, 11) is 0. The Bertz CT molecular complexity index is 1090. The molecule has 0 unspecified atom stereocenters. The second-order valence-corrected chi connectivity index (χ2v) is 9.98. The molecule has 0 aromatic heterocycles. The average Bonchev–Trinajstić information content (AvgIpc) is 2.84. The third-order valence-corrected chi connectivity index (χ3v) is 6.57. The van der Waals surface area contributed by atoms with Gasteiger partial charge in [0.2, 0.25) is 11.8 Å². The topological polar surface area (TPSA) is 49.4 Å². The number of amides is 2. The lowest BCUT2D eigenvalue weighted by Gasteiger charge is -2.32. The van der Waals surface area contributed by atoms with E-state index in [4.69, 9.17) is 0 Å². The van der Waals surface area contributed by atoms with Crippen LogP contribution in [0.2, 0.25) is 0 Å². The molecule has 0 bridgehead atoms. The molecule has 6 heteroatoms. The Balaban J connectivity index is 1.83. The van der Waals surface area contributed by atoms with Crippen LogP contribution in [0.1, 0.15) is 36.1 Å². The number of hydrogen-bond acceptors (Lipinski definition) is 3. The minimum Gasteiger partial charge on any atom is -0.352 e. The Morgan fingerprint density at radius 1 is 0.886 bits per heavy atom. The van der Waals surface area contributed by atoms with E-state index in [1.165, 1.54) is 23.9 Å². The fourth-order valence-electron chi connectivity index (χ4n) is 3.74. The summed E-state index contributed by atoms with van der Waals surface area (Å²) in [5.74, 6) is 0.277. The Kier molecular flexibility index (Phi) is 9.91. The van der Waals surface area contributed by atoms with Gasteiger partial charge in [0, 0.05) is 24.8 Å². The third kappa shape index (κ3) is 8.55. The molecule has 3 aromatic carbocycles. The highest BCUT2D eigenvalue weighted by atomic mass is 32.2. The molecule has 0 aliphatic carbocycles. The summed E-state index contributed by atoms with van der Waals surface area (Å²) in [6, 6.07) is 23.4. The Hall–Kier alpha value is -3.12. The number of nitrogens with one attached hydrogen (secondary N) is 1. The second kappa shape index (κ2) is 13.1. The molecule has 35 heavy (non-hydrogen) atoms. The van der Waals surface area contributed by atoms with E-state index < -0.39 is 6.04 Å². The third-order valence-electron chi connectivity index (χ3n) is 5.58. The summed E-state index contributed by atoms with van der Waals surface area (Å²) in [4.78, 5) is 28.6. The zero-order valence-electron chi connectivity index (χ0n) is 20.5. The number of thioether (sulfide) groups is 1. The Morgan fingerprint density at radius 2 is 1.51 bits per heavy atom. The van der Waals surface area contributed by atoms with Crippen molar-refractivity contribution in [1.29, 1.82) is 0 Å². The summed E-state index contributed by atoms with van der Waals surface area (Å²) >= 11 is 1.47. The molecule has 0 saturated carbocycles. The molecule has 0 saturated heterocycles. The van der Waals surface area contributed by atoms with E-state index in [-0.39, 0.29) is 29.4 Å². The summed E-state index contributed by atoms with van der Waals surface area (Å²) in [5.41, 5.74) is 4.06. The molecule has 0 radical (unpaired) electrons. The van der Waals surface area contributed by atoms with Crippen LogP contribution in [0.4, 0.5) is 4.39 Å². The molecule has 184 valence electrons. The van der Waals surface area contributed by atoms with Gasteiger partial charge in [0.1, 0.15) is 11.9 Å². The number of carbonyl (C=O) groups excluding carboxylic acids is 2. The summed E-state index contributed by atoms with van der Waals surface area (Å²) in [6.45, 7) is 6.20. The van der Waals surface area contributed by atoms with Crippen molar-refractivity contribution in [2.75, 3.05) is 5.75 Å². The van der Waals surface area contributed by atoms with Crippen LogP contribution in [0.3, 0.4) is 0 Å². The smallest absolute Gasteiger partial charge is 0.243 e. The van der Waals surface area contributed by atoms with E-state index in [9.17, 15) is 14.0 Å². The zero-order chi connectivity index (χ0) is 25.2. The van der Waals surface area contributed by atoms with Crippen molar-refractivity contribution in [2.24, 2.45) is 0 Å². The van der Waals surface area contributed by atoms with Crippen LogP contribution in [0.5, 0.6) is 0 Å². The van der Waals surface area contributed by atoms with Crippen molar-refractivity contribution in [1.82, 2.24) is 10.2 Å². The van der Waals surface area contributed by atoms with E-state index in [2.05, 4.69) is 5.32 Å². The number of halogens is 1. The number of aryl methyl sites for hydroxylation is 1. The number of rotatable bonds is 11. The maximum absolute atomic E-state index is 13.5. The van der Waals surface area contributed by atoms with Crippen molar-refractivity contribution in [3.63, 3.8) is 0 Å². The summed E-state index contributed by atoms with van der Waals surface area (Å²) in [5, 5.41) is 3.01. The summed E-state index contributed by atoms with van der Waals surface area (Å²) in [6.07, 6.45) is 0.430. The van der Waals surface area contributed by atoms with Crippen LogP contribution < -0.4 is 5.32 Å². The van der Waals surface area contributed by atoms with Crippen LogP contribution >= 0.6 is 11.8 Å². The molecule has 0 aliphatic heterocycles. The largest absolute Gasteiger partial charge is 0.352 e. The standard InChI is InChI=1S/C29H33FN2O2S/c1-21(2)31-29(34)27(17-23-7-5-4-6-8-23)32(18-24-11-9-22(3)10-12-24)28(33)20-35-19-25-13-15-26(30)16-14-25/h4-16,21,27H,17-20H2,1-3H3,(H,31,34)/t27-/m1/s1. The van der Waals surface area contributed by atoms with Crippen molar-refractivity contribution in [3.8, 4) is 0 Å². The fraction of sp³-hybridized carbons (Fsp3) is 0.310. The van der Waals surface area contributed by atoms with Crippen molar-refractivity contribution >= 4 is 23.6 Å². The number of nitrogens with zero attached hydrogens (tertiary/aromatic N) is 1. The monoisotopic (exact) mass is 492 g/mol. The van der Waals surface area contributed by atoms with E-state index in [0.717, 1.165) is 22.3 Å². The first-order valence-electron chi connectivity index (χ1n) is 11.8. The number of hydrogen-bond donors (Lipinski definition) is 1. The molecule has 0 spiro atoms. The molecular weight excluding hydrogens is 459 g/mol. The zero-order valence-corrected chi connectivity index (χ0v) is 21.4. The lowest BCUT2D eigenvalue weighted by Crippen LogP contribution is -2.52. The predicted octanol–water partition coefficient (Wildman–Crippen LogP) is 5.53. The van der Waals surface area contributed by atoms with Gasteiger partial charge in [-0.25, -0.2) is 4.39 Å². The molecule has 3 aromatic rings. The van der Waals surface area contributed by atoms with Gasteiger partial charge < -0.3 is 10.2 Å². The first kappa shape index (κ1) is 26.5. The minimum atomic E-state index is -0.639. The SMILES string of the molecule is Cc1ccc(CN(C(=O)CSCc2ccc(F)cc2)[C@H](Cc2ccccc2)C(=O)NC(C)C)cc1. The van der Waals surface area contributed by atoms with Gasteiger partial charge in [0.25, 0.3) is 0 Å². The molecule has 2 amide bonds. The number of carbonyl (C=O) groups is 2. The predicted molar refractivity (Wildman–Crippen MR) is 142 cm³/mol. The molecule has 0 heterocycles. The van der Waals surface area contributed by atoms with Crippen LogP contribution in [-0.4, -0.2) is 34.6 Å². The van der Waals surface area contributed by atoms with Crippen LogP contribution in [0.15, 0.2) is 78.9 Å². The lowest BCUT2D eigenvalue weighted by atomic mass is 10.0. The molecule has 3 rings (SSSR count). The van der Waals surface area contributed by atoms with E-state index in [1.54, 1.807) is 17.0 Å². The highest BCUT2D eigenvalue weighted by molar-refractivity contribution is 7.99. The Labute approximate surface area is 211 Å². The maximum Gasteiger partial charge on any atom is 0.243 e. The van der Waals surface area contributed by atoms with Crippen molar-refractivity contribution < 1.29 is 14.0 Å². The van der Waals surface area contributed by atoms with Crippen molar-refractivity contribution in [2.45, 2.75) is 51.6 Å². The maximum atomic E-state index is 13.5. The Morgan fingerprint density at radius 3 is 2.14 bits per heavy atom. The van der Waals surface area contributed by atoms with Gasteiger partial charge in [-0.1, -0.05) is 72.3 Å². The van der Waals surface area contributed by atoms with Crippen LogP contribution in [0, 0.1) is 12.7 Å². The minimum absolute atomic E-state index is 0.0371. The second-order valence-electron chi connectivity index (χ2n) is 9.00. The van der Waals surface area contributed by atoms with E-state index >= 15 is 0 Å². The average molecular weight is 493 g/mol. The van der Waals surface area contributed by atoms with Crippen LogP contribution in [-0.2, 0) is 28.3 Å². The molecule has 1 atom stereocenters. The molecule has 0 aliphatic rings. The quantitative estimate of drug-likeness (QED) is 0.383. The van der Waals surface area contributed by atoms with Gasteiger partial charge in [0.15, 0.2) is 0 Å². The first-order chi connectivity index (χ1) is 16.8. The van der Waals surface area contributed by atoms with Gasteiger partial charge in [-0.3, -0.25) is 9.59 Å². The highest BCUT2D eigenvalue weighted by Gasteiger charge is 2.30. The normalized spacial score (nSPS) is 11.8. The van der Waals surface area contributed by atoms with Crippen LogP contribution in [0.25, 0.3) is 0 Å². The summed E-state index contributed by atoms with van der Waals surface area (Å²) < 4.78 is 13.2. The number of benzene rings is 3. The molecule has 0 fully saturated rings. The van der Waals surface area contributed by atoms with Gasteiger partial charge in [0.05, 0.1) is 5.75 Å². The fourth-order valence-corrected chi connectivity index (χ4v) is 4.62. The lowest BCUT2D eigenvalue weighted by molar-refractivity contribution is -0.139. The van der Waals surface area contributed by atoms with Crippen molar-refractivity contribution in [3.05, 3.63) is 107 Å². The van der Waals surface area contributed by atoms with Gasteiger partial charge in [-0.15, -0.1) is 11.8 Å². The van der Waals surface area contributed by atoms with E-state index in [0.29, 0.717) is 18.7 Å². The van der Waals surface area contributed by atoms with Gasteiger partial charge in [-0.2, -0.15) is 0 Å².